The Labute approximate surface area is 108 Å². The lowest BCUT2D eigenvalue weighted by atomic mass is 9.87. The van der Waals surface area contributed by atoms with Crippen molar-refractivity contribution in [2.24, 2.45) is 5.92 Å². The van der Waals surface area contributed by atoms with Gasteiger partial charge in [-0.2, -0.15) is 0 Å². The molecule has 2 rings (SSSR count). The Kier molecular flexibility index (Phi) is 3.33. The molecule has 98 valence electrons. The minimum Gasteiger partial charge on any atom is -0.478 e. The monoisotopic (exact) mass is 248 g/mol. The molecule has 0 bridgehead atoms. The molecule has 0 amide bonds. The zero-order valence-corrected chi connectivity index (χ0v) is 11.1. The lowest BCUT2D eigenvalue weighted by Crippen LogP contribution is -2.29. The molecule has 1 unspecified atom stereocenters. The van der Waals surface area contributed by atoms with Gasteiger partial charge in [0.25, 0.3) is 0 Å². The van der Waals surface area contributed by atoms with Crippen molar-refractivity contribution in [1.29, 1.82) is 0 Å². The van der Waals surface area contributed by atoms with E-state index in [9.17, 15) is 4.79 Å². The first kappa shape index (κ1) is 12.9. The van der Waals surface area contributed by atoms with Crippen LogP contribution in [0, 0.1) is 5.92 Å². The minimum atomic E-state index is -0.864. The van der Waals surface area contributed by atoms with E-state index in [-0.39, 0.29) is 11.3 Å². The predicted molar refractivity (Wildman–Crippen MR) is 69.9 cm³/mol. The second-order valence-corrected chi connectivity index (χ2v) is 5.99. The number of benzene rings is 1. The van der Waals surface area contributed by atoms with E-state index < -0.39 is 12.1 Å². The normalized spacial score (nSPS) is 17.3. The van der Waals surface area contributed by atoms with Gasteiger partial charge in [-0.1, -0.05) is 32.9 Å². The van der Waals surface area contributed by atoms with Crippen LogP contribution in [-0.4, -0.2) is 17.2 Å². The van der Waals surface area contributed by atoms with Gasteiger partial charge in [0.2, 0.25) is 0 Å². The van der Waals surface area contributed by atoms with Gasteiger partial charge in [0.05, 0.1) is 0 Å². The number of aliphatic carboxylic acids is 1. The second kappa shape index (κ2) is 4.63. The summed E-state index contributed by atoms with van der Waals surface area (Å²) in [5, 5.41) is 9.10. The summed E-state index contributed by atoms with van der Waals surface area (Å²) in [6, 6.07) is 7.72. The van der Waals surface area contributed by atoms with E-state index in [2.05, 4.69) is 20.8 Å². The molecule has 1 fully saturated rings. The minimum absolute atomic E-state index is 0.0984. The molecule has 18 heavy (non-hydrogen) atoms. The van der Waals surface area contributed by atoms with Crippen molar-refractivity contribution >= 4 is 5.97 Å². The first-order valence-electron chi connectivity index (χ1n) is 6.38. The van der Waals surface area contributed by atoms with Crippen LogP contribution in [0.4, 0.5) is 0 Å². The van der Waals surface area contributed by atoms with E-state index in [4.69, 9.17) is 9.84 Å². The average Bonchev–Trinajstić information content (AvgIpc) is 3.08. The molecule has 1 aromatic carbocycles. The van der Waals surface area contributed by atoms with Crippen molar-refractivity contribution in [3.63, 3.8) is 0 Å². The Morgan fingerprint density at radius 1 is 1.28 bits per heavy atom. The summed E-state index contributed by atoms with van der Waals surface area (Å²) in [6.07, 6.45) is 1.22. The van der Waals surface area contributed by atoms with Crippen LogP contribution < -0.4 is 4.74 Å². The third kappa shape index (κ3) is 3.03. The van der Waals surface area contributed by atoms with Gasteiger partial charge in [-0.05, 0) is 36.0 Å². The van der Waals surface area contributed by atoms with E-state index in [0.29, 0.717) is 5.75 Å². The lowest BCUT2D eigenvalue weighted by molar-refractivity contribution is -0.146. The summed E-state index contributed by atoms with van der Waals surface area (Å²) in [7, 11) is 0. The van der Waals surface area contributed by atoms with Gasteiger partial charge in [-0.15, -0.1) is 0 Å². The molecular formula is C15H20O3. The van der Waals surface area contributed by atoms with E-state index in [1.807, 2.05) is 24.3 Å². The number of hydrogen-bond donors (Lipinski definition) is 1. The van der Waals surface area contributed by atoms with Gasteiger partial charge in [0.1, 0.15) is 5.75 Å². The van der Waals surface area contributed by atoms with E-state index >= 15 is 0 Å². The van der Waals surface area contributed by atoms with Crippen LogP contribution in [0.25, 0.3) is 0 Å². The molecule has 0 saturated heterocycles. The SMILES string of the molecule is CC(C)(C)c1ccc(OC(C(=O)O)C2CC2)cc1. The number of carbonyl (C=O) groups is 1. The number of carboxylic acids is 1. The highest BCUT2D eigenvalue weighted by Gasteiger charge is 2.38. The molecule has 1 saturated carbocycles. The third-order valence-electron chi connectivity index (χ3n) is 3.28. The van der Waals surface area contributed by atoms with Crippen molar-refractivity contribution in [3.05, 3.63) is 29.8 Å². The highest BCUT2D eigenvalue weighted by atomic mass is 16.5. The van der Waals surface area contributed by atoms with Crippen LogP contribution in [0.5, 0.6) is 5.75 Å². The third-order valence-corrected chi connectivity index (χ3v) is 3.28. The summed E-state index contributed by atoms with van der Waals surface area (Å²) < 4.78 is 5.57. The number of carboxylic acid groups (broad SMARTS) is 1. The molecule has 1 N–H and O–H groups in total. The Morgan fingerprint density at radius 3 is 2.22 bits per heavy atom. The van der Waals surface area contributed by atoms with Crippen LogP contribution in [0.1, 0.15) is 39.2 Å². The summed E-state index contributed by atoms with van der Waals surface area (Å²) >= 11 is 0. The zero-order chi connectivity index (χ0) is 13.3. The van der Waals surface area contributed by atoms with E-state index in [1.54, 1.807) is 0 Å². The summed E-state index contributed by atoms with van der Waals surface area (Å²) in [4.78, 5) is 11.1. The number of rotatable bonds is 4. The number of ether oxygens (including phenoxy) is 1. The molecule has 1 aliphatic carbocycles. The summed E-state index contributed by atoms with van der Waals surface area (Å²) in [6.45, 7) is 6.44. The van der Waals surface area contributed by atoms with Crippen LogP contribution in [-0.2, 0) is 10.2 Å². The first-order chi connectivity index (χ1) is 8.38. The van der Waals surface area contributed by atoms with Crippen LogP contribution in [0.3, 0.4) is 0 Å². The van der Waals surface area contributed by atoms with Crippen molar-refractivity contribution in [2.75, 3.05) is 0 Å². The maximum Gasteiger partial charge on any atom is 0.345 e. The quantitative estimate of drug-likeness (QED) is 0.889. The number of hydrogen-bond acceptors (Lipinski definition) is 2. The average molecular weight is 248 g/mol. The first-order valence-corrected chi connectivity index (χ1v) is 6.38. The van der Waals surface area contributed by atoms with Crippen molar-refractivity contribution < 1.29 is 14.6 Å². The second-order valence-electron chi connectivity index (χ2n) is 5.99. The molecule has 0 heterocycles. The van der Waals surface area contributed by atoms with Gasteiger partial charge in [-0.25, -0.2) is 4.79 Å². The molecule has 0 aromatic heterocycles. The van der Waals surface area contributed by atoms with Gasteiger partial charge in [-0.3, -0.25) is 0 Å². The van der Waals surface area contributed by atoms with Crippen molar-refractivity contribution in [2.45, 2.75) is 45.1 Å². The lowest BCUT2D eigenvalue weighted by Gasteiger charge is -2.20. The Balaban J connectivity index is 2.07. The predicted octanol–water partition coefficient (Wildman–Crippen LogP) is 3.23. The largest absolute Gasteiger partial charge is 0.478 e. The Bertz CT molecular complexity index is 424. The molecule has 1 aliphatic rings. The van der Waals surface area contributed by atoms with Crippen LogP contribution in [0.15, 0.2) is 24.3 Å². The van der Waals surface area contributed by atoms with Crippen LogP contribution >= 0.6 is 0 Å². The van der Waals surface area contributed by atoms with Crippen LogP contribution in [0.2, 0.25) is 0 Å². The topological polar surface area (TPSA) is 46.5 Å². The smallest absolute Gasteiger partial charge is 0.345 e. The van der Waals surface area contributed by atoms with Gasteiger partial charge < -0.3 is 9.84 Å². The highest BCUT2D eigenvalue weighted by molar-refractivity contribution is 5.73. The summed E-state index contributed by atoms with van der Waals surface area (Å²) in [5.74, 6) is -0.0375. The molecule has 1 atom stereocenters. The maximum atomic E-state index is 11.1. The maximum absolute atomic E-state index is 11.1. The zero-order valence-electron chi connectivity index (χ0n) is 11.1. The molecule has 0 spiro atoms. The van der Waals surface area contributed by atoms with Gasteiger partial charge in [0, 0.05) is 5.92 Å². The molecule has 0 radical (unpaired) electrons. The van der Waals surface area contributed by atoms with Gasteiger partial charge >= 0.3 is 5.97 Å². The fourth-order valence-corrected chi connectivity index (χ4v) is 1.93. The fourth-order valence-electron chi connectivity index (χ4n) is 1.93. The molecule has 1 aromatic rings. The van der Waals surface area contributed by atoms with Gasteiger partial charge in [0.15, 0.2) is 6.10 Å². The van der Waals surface area contributed by atoms with E-state index in [1.165, 1.54) is 5.56 Å². The standard InChI is InChI=1S/C15H20O3/c1-15(2,3)11-6-8-12(9-7-11)18-13(14(16)17)10-4-5-10/h6-10,13H,4-5H2,1-3H3,(H,16,17). The molecule has 0 aliphatic heterocycles. The van der Waals surface area contributed by atoms with Crippen molar-refractivity contribution in [1.82, 2.24) is 0 Å². The molecule has 3 nitrogen and oxygen atoms in total. The van der Waals surface area contributed by atoms with Crippen molar-refractivity contribution in [3.8, 4) is 5.75 Å². The Hall–Kier alpha value is -1.51. The van der Waals surface area contributed by atoms with E-state index in [0.717, 1.165) is 12.8 Å². The highest BCUT2D eigenvalue weighted by Crippen LogP contribution is 2.35. The fraction of sp³-hybridized carbons (Fsp3) is 0.533. The summed E-state index contributed by atoms with van der Waals surface area (Å²) in [5.41, 5.74) is 1.31. The Morgan fingerprint density at radius 2 is 1.83 bits per heavy atom. The molecular weight excluding hydrogens is 228 g/mol. The molecule has 3 heteroatoms.